The topological polar surface area (TPSA) is 97.2 Å². The summed E-state index contributed by atoms with van der Waals surface area (Å²) in [6.45, 7) is 4.74. The van der Waals surface area contributed by atoms with Crippen LogP contribution in [0.3, 0.4) is 0 Å². The number of carbonyl (C=O) groups excluding carboxylic acids is 1. The molecule has 0 atom stereocenters. The SMILES string of the molecule is Cc1ccc(C)c(S(=O)(=O)Nc2ccccc2C(=O)N2CCC(n3cncn3)CC2)c1. The third-order valence-corrected chi connectivity index (χ3v) is 7.10. The maximum atomic E-state index is 13.2. The number of likely N-dealkylation sites (tertiary alicyclic amines) is 1. The average molecular weight is 440 g/mol. The highest BCUT2D eigenvalue weighted by molar-refractivity contribution is 7.92. The Morgan fingerprint density at radius 2 is 1.84 bits per heavy atom. The Labute approximate surface area is 182 Å². The van der Waals surface area contributed by atoms with Crippen molar-refractivity contribution in [3.63, 3.8) is 0 Å². The summed E-state index contributed by atoms with van der Waals surface area (Å²) < 4.78 is 30.5. The molecule has 1 saturated heterocycles. The lowest BCUT2D eigenvalue weighted by molar-refractivity contribution is 0.0691. The van der Waals surface area contributed by atoms with Gasteiger partial charge in [0.2, 0.25) is 0 Å². The monoisotopic (exact) mass is 439 g/mol. The number of aryl methyl sites for hydroxylation is 2. The molecule has 1 aliphatic rings. The summed E-state index contributed by atoms with van der Waals surface area (Å²) >= 11 is 0. The van der Waals surface area contributed by atoms with Crippen LogP contribution in [0.15, 0.2) is 60.0 Å². The summed E-state index contributed by atoms with van der Waals surface area (Å²) in [4.78, 5) is 19.2. The summed E-state index contributed by atoms with van der Waals surface area (Å²) in [5, 5.41) is 4.19. The molecule has 1 N–H and O–H groups in total. The normalized spacial score (nSPS) is 15.1. The van der Waals surface area contributed by atoms with E-state index in [1.165, 1.54) is 6.33 Å². The van der Waals surface area contributed by atoms with Gasteiger partial charge in [-0.1, -0.05) is 24.3 Å². The van der Waals surface area contributed by atoms with E-state index < -0.39 is 10.0 Å². The molecule has 0 saturated carbocycles. The second kappa shape index (κ2) is 8.50. The Bertz CT molecular complexity index is 1180. The number of nitrogens with zero attached hydrogens (tertiary/aromatic N) is 4. The van der Waals surface area contributed by atoms with Crippen molar-refractivity contribution in [2.45, 2.75) is 37.6 Å². The molecule has 2 aromatic carbocycles. The summed E-state index contributed by atoms with van der Waals surface area (Å²) in [5.41, 5.74) is 2.13. The van der Waals surface area contributed by atoms with Crippen molar-refractivity contribution in [1.82, 2.24) is 19.7 Å². The molecule has 1 aromatic heterocycles. The highest BCUT2D eigenvalue weighted by Crippen LogP contribution is 2.27. The lowest BCUT2D eigenvalue weighted by Crippen LogP contribution is -2.39. The van der Waals surface area contributed by atoms with Crippen molar-refractivity contribution < 1.29 is 13.2 Å². The zero-order valence-corrected chi connectivity index (χ0v) is 18.3. The van der Waals surface area contributed by atoms with Crippen molar-refractivity contribution >= 4 is 21.6 Å². The number of piperidine rings is 1. The largest absolute Gasteiger partial charge is 0.338 e. The van der Waals surface area contributed by atoms with Crippen LogP contribution < -0.4 is 4.72 Å². The Morgan fingerprint density at radius 1 is 1.10 bits per heavy atom. The van der Waals surface area contributed by atoms with Crippen LogP contribution in [0, 0.1) is 13.8 Å². The minimum Gasteiger partial charge on any atom is -0.338 e. The third-order valence-electron chi connectivity index (χ3n) is 5.60. The number of nitrogens with one attached hydrogen (secondary N) is 1. The molecule has 2 heterocycles. The van der Waals surface area contributed by atoms with Crippen LogP contribution in [0.4, 0.5) is 5.69 Å². The zero-order valence-electron chi connectivity index (χ0n) is 17.5. The first kappa shape index (κ1) is 21.0. The second-order valence-electron chi connectivity index (χ2n) is 7.82. The number of sulfonamides is 1. The molecule has 1 aliphatic heterocycles. The number of para-hydroxylation sites is 1. The van der Waals surface area contributed by atoms with Crippen LogP contribution in [-0.2, 0) is 10.0 Å². The second-order valence-corrected chi connectivity index (χ2v) is 9.47. The van der Waals surface area contributed by atoms with Crippen LogP contribution in [0.2, 0.25) is 0 Å². The van der Waals surface area contributed by atoms with Crippen molar-refractivity contribution in [1.29, 1.82) is 0 Å². The fraction of sp³-hybridized carbons (Fsp3) is 0.318. The molecule has 0 unspecified atom stereocenters. The molecule has 162 valence electrons. The fourth-order valence-electron chi connectivity index (χ4n) is 3.86. The van der Waals surface area contributed by atoms with E-state index in [9.17, 15) is 13.2 Å². The summed E-state index contributed by atoms with van der Waals surface area (Å²) in [5.74, 6) is -0.184. The molecule has 0 bridgehead atoms. The first-order valence-corrected chi connectivity index (χ1v) is 11.7. The van der Waals surface area contributed by atoms with E-state index in [2.05, 4.69) is 14.8 Å². The molecule has 0 aliphatic carbocycles. The molecular formula is C22H25N5O3S. The van der Waals surface area contributed by atoms with E-state index in [0.29, 0.717) is 24.2 Å². The minimum absolute atomic E-state index is 0.184. The number of anilines is 1. The lowest BCUT2D eigenvalue weighted by Gasteiger charge is -2.32. The van der Waals surface area contributed by atoms with E-state index in [4.69, 9.17) is 0 Å². The maximum absolute atomic E-state index is 13.2. The van der Waals surface area contributed by atoms with E-state index in [0.717, 1.165) is 18.4 Å². The average Bonchev–Trinajstić information content (AvgIpc) is 3.30. The molecule has 1 amide bonds. The van der Waals surface area contributed by atoms with Crippen LogP contribution in [0.25, 0.3) is 0 Å². The van der Waals surface area contributed by atoms with Gasteiger partial charge in [0.25, 0.3) is 15.9 Å². The van der Waals surface area contributed by atoms with Crippen LogP contribution in [0.1, 0.15) is 40.4 Å². The highest BCUT2D eigenvalue weighted by Gasteiger charge is 2.27. The van der Waals surface area contributed by atoms with Crippen LogP contribution >= 0.6 is 0 Å². The number of hydrogen-bond donors (Lipinski definition) is 1. The lowest BCUT2D eigenvalue weighted by atomic mass is 10.0. The standard InChI is InChI=1S/C22H25N5O3S/c1-16-7-8-17(2)21(13-16)31(29,30)25-20-6-4-3-5-19(20)22(28)26-11-9-18(10-12-26)27-15-23-14-24-27/h3-8,13-15,18,25H,9-12H2,1-2H3. The van der Waals surface area contributed by atoms with E-state index in [1.54, 1.807) is 54.5 Å². The Hall–Kier alpha value is -3.20. The maximum Gasteiger partial charge on any atom is 0.262 e. The van der Waals surface area contributed by atoms with Gasteiger partial charge in [0.05, 0.1) is 22.2 Å². The van der Waals surface area contributed by atoms with Gasteiger partial charge in [0.15, 0.2) is 0 Å². The number of hydrogen-bond acceptors (Lipinski definition) is 5. The van der Waals surface area contributed by atoms with Gasteiger partial charge < -0.3 is 4.90 Å². The Balaban J connectivity index is 1.53. The van der Waals surface area contributed by atoms with Crippen LogP contribution in [-0.4, -0.2) is 47.1 Å². The molecule has 31 heavy (non-hydrogen) atoms. The summed E-state index contributed by atoms with van der Waals surface area (Å²) in [7, 11) is -3.83. The summed E-state index contributed by atoms with van der Waals surface area (Å²) in [6.07, 6.45) is 4.74. The predicted molar refractivity (Wildman–Crippen MR) is 117 cm³/mol. The highest BCUT2D eigenvalue weighted by atomic mass is 32.2. The molecule has 9 heteroatoms. The molecular weight excluding hydrogens is 414 g/mol. The van der Waals surface area contributed by atoms with Gasteiger partial charge in [0.1, 0.15) is 12.7 Å². The predicted octanol–water partition coefficient (Wildman–Crippen LogP) is 3.17. The number of amides is 1. The van der Waals surface area contributed by atoms with Crippen molar-refractivity contribution in [2.24, 2.45) is 0 Å². The summed E-state index contributed by atoms with van der Waals surface area (Å²) in [6, 6.07) is 12.2. The molecule has 1 fully saturated rings. The number of aromatic nitrogens is 3. The Morgan fingerprint density at radius 3 is 2.55 bits per heavy atom. The van der Waals surface area contributed by atoms with Gasteiger partial charge >= 0.3 is 0 Å². The van der Waals surface area contributed by atoms with Crippen molar-refractivity contribution in [3.8, 4) is 0 Å². The first-order valence-electron chi connectivity index (χ1n) is 10.2. The number of carbonyl (C=O) groups is 1. The molecule has 0 radical (unpaired) electrons. The van der Waals surface area contributed by atoms with Gasteiger partial charge in [-0.05, 0) is 56.0 Å². The zero-order chi connectivity index (χ0) is 22.0. The molecule has 4 rings (SSSR count). The first-order chi connectivity index (χ1) is 14.8. The van der Waals surface area contributed by atoms with Crippen molar-refractivity contribution in [3.05, 3.63) is 71.8 Å². The molecule has 0 spiro atoms. The quantitative estimate of drug-likeness (QED) is 0.659. The van der Waals surface area contributed by atoms with Gasteiger partial charge in [-0.3, -0.25) is 9.52 Å². The van der Waals surface area contributed by atoms with E-state index >= 15 is 0 Å². The van der Waals surface area contributed by atoms with E-state index in [-0.39, 0.29) is 22.5 Å². The third kappa shape index (κ3) is 4.46. The van der Waals surface area contributed by atoms with Gasteiger partial charge in [0, 0.05) is 13.1 Å². The van der Waals surface area contributed by atoms with Gasteiger partial charge in [-0.15, -0.1) is 0 Å². The fourth-order valence-corrected chi connectivity index (χ4v) is 5.28. The van der Waals surface area contributed by atoms with Crippen molar-refractivity contribution in [2.75, 3.05) is 17.8 Å². The van der Waals surface area contributed by atoms with E-state index in [1.807, 2.05) is 17.7 Å². The molecule has 3 aromatic rings. The number of benzene rings is 2. The number of rotatable bonds is 5. The van der Waals surface area contributed by atoms with Gasteiger partial charge in [-0.2, -0.15) is 5.10 Å². The molecule has 8 nitrogen and oxygen atoms in total. The van der Waals surface area contributed by atoms with Gasteiger partial charge in [-0.25, -0.2) is 18.1 Å². The minimum atomic E-state index is -3.83. The Kier molecular flexibility index (Phi) is 5.77. The smallest absolute Gasteiger partial charge is 0.262 e. The van der Waals surface area contributed by atoms with Crippen LogP contribution in [0.5, 0.6) is 0 Å².